The first-order valence-corrected chi connectivity index (χ1v) is 9.86. The van der Waals surface area contributed by atoms with Crippen molar-refractivity contribution in [1.82, 2.24) is 10.2 Å². The van der Waals surface area contributed by atoms with Gasteiger partial charge in [-0.3, -0.25) is 9.69 Å². The first-order valence-electron chi connectivity index (χ1n) is 8.67. The van der Waals surface area contributed by atoms with Crippen molar-refractivity contribution in [2.24, 2.45) is 0 Å². The molecule has 25 heavy (non-hydrogen) atoms. The molecule has 0 bridgehead atoms. The Hall–Kier alpha value is -1.14. The van der Waals surface area contributed by atoms with Crippen LogP contribution in [0.5, 0.6) is 0 Å². The minimum absolute atomic E-state index is 0.0746. The molecule has 0 atom stereocenters. The van der Waals surface area contributed by atoms with Crippen molar-refractivity contribution in [3.05, 3.63) is 33.7 Å². The Morgan fingerprint density at radius 1 is 1.32 bits per heavy atom. The Balaban J connectivity index is 1.69. The van der Waals surface area contributed by atoms with Crippen molar-refractivity contribution < 1.29 is 9.53 Å². The standard InChI is InChI=1S/C19H25ClN2O2S/c1-19(2,3)13-4-5-14-15(12-13)25-17(16(14)20)18(23)21-6-7-22-8-10-24-11-9-22/h4-5,12H,6-11H2,1-3H3,(H,21,23). The molecule has 1 saturated heterocycles. The first kappa shape index (κ1) is 18.6. The van der Waals surface area contributed by atoms with Gasteiger partial charge in [0.2, 0.25) is 0 Å². The number of halogens is 1. The lowest BCUT2D eigenvalue weighted by Gasteiger charge is -2.26. The largest absolute Gasteiger partial charge is 0.379 e. The van der Waals surface area contributed by atoms with E-state index in [1.165, 1.54) is 16.9 Å². The topological polar surface area (TPSA) is 41.6 Å². The van der Waals surface area contributed by atoms with Crippen LogP contribution in [0.1, 0.15) is 36.0 Å². The number of ether oxygens (including phenoxy) is 1. The summed E-state index contributed by atoms with van der Waals surface area (Å²) < 4.78 is 6.40. The lowest BCUT2D eigenvalue weighted by atomic mass is 9.87. The summed E-state index contributed by atoms with van der Waals surface area (Å²) in [6, 6.07) is 6.27. The molecule has 3 rings (SSSR count). The van der Waals surface area contributed by atoms with Gasteiger partial charge in [0.1, 0.15) is 4.88 Å². The minimum Gasteiger partial charge on any atom is -0.379 e. The molecule has 0 saturated carbocycles. The van der Waals surface area contributed by atoms with E-state index in [4.69, 9.17) is 16.3 Å². The molecule has 1 N–H and O–H groups in total. The molecule has 6 heteroatoms. The van der Waals surface area contributed by atoms with Crippen molar-refractivity contribution >= 4 is 38.9 Å². The number of rotatable bonds is 4. The average molecular weight is 381 g/mol. The van der Waals surface area contributed by atoms with Gasteiger partial charge in [0.25, 0.3) is 5.91 Å². The zero-order valence-electron chi connectivity index (χ0n) is 15.0. The second-order valence-electron chi connectivity index (χ2n) is 7.42. The van der Waals surface area contributed by atoms with Crippen LogP contribution in [0.3, 0.4) is 0 Å². The number of nitrogens with zero attached hydrogens (tertiary/aromatic N) is 1. The van der Waals surface area contributed by atoms with Gasteiger partial charge in [-0.05, 0) is 17.0 Å². The van der Waals surface area contributed by atoms with Gasteiger partial charge >= 0.3 is 0 Å². The van der Waals surface area contributed by atoms with Crippen LogP contribution < -0.4 is 5.32 Å². The molecule has 1 aromatic carbocycles. The van der Waals surface area contributed by atoms with E-state index in [1.807, 2.05) is 6.07 Å². The normalized spacial score (nSPS) is 16.3. The summed E-state index contributed by atoms with van der Waals surface area (Å²) >= 11 is 7.94. The summed E-state index contributed by atoms with van der Waals surface area (Å²) in [6.45, 7) is 11.4. The highest BCUT2D eigenvalue weighted by Gasteiger charge is 2.20. The molecule has 136 valence electrons. The molecule has 2 aromatic rings. The lowest BCUT2D eigenvalue weighted by molar-refractivity contribution is 0.0383. The number of carbonyl (C=O) groups is 1. The Kier molecular flexibility index (Phi) is 5.68. The number of nitrogens with one attached hydrogen (secondary N) is 1. The fourth-order valence-electron chi connectivity index (χ4n) is 2.91. The molecule has 4 nitrogen and oxygen atoms in total. The van der Waals surface area contributed by atoms with Crippen molar-refractivity contribution in [2.75, 3.05) is 39.4 Å². The molecular formula is C19H25ClN2O2S. The van der Waals surface area contributed by atoms with E-state index >= 15 is 0 Å². The summed E-state index contributed by atoms with van der Waals surface area (Å²) in [7, 11) is 0. The van der Waals surface area contributed by atoms with Crippen molar-refractivity contribution in [3.63, 3.8) is 0 Å². The SMILES string of the molecule is CC(C)(C)c1ccc2c(Cl)c(C(=O)NCCN3CCOCC3)sc2c1. The number of morpholine rings is 1. The van der Waals surface area contributed by atoms with E-state index in [9.17, 15) is 4.79 Å². The maximum absolute atomic E-state index is 12.5. The summed E-state index contributed by atoms with van der Waals surface area (Å²) in [5.41, 5.74) is 1.32. The van der Waals surface area contributed by atoms with Crippen LogP contribution in [0, 0.1) is 0 Å². The van der Waals surface area contributed by atoms with Crippen LogP contribution in [0.4, 0.5) is 0 Å². The smallest absolute Gasteiger partial charge is 0.262 e. The van der Waals surface area contributed by atoms with Crippen LogP contribution in [0.15, 0.2) is 18.2 Å². The molecule has 1 amide bonds. The molecule has 0 unspecified atom stereocenters. The van der Waals surface area contributed by atoms with Crippen LogP contribution in [0.25, 0.3) is 10.1 Å². The second-order valence-corrected chi connectivity index (χ2v) is 8.85. The Bertz CT molecular complexity index is 761. The number of benzene rings is 1. The highest BCUT2D eigenvalue weighted by Crippen LogP contribution is 2.37. The van der Waals surface area contributed by atoms with E-state index in [0.717, 1.165) is 42.9 Å². The number of thiophene rings is 1. The third-order valence-corrected chi connectivity index (χ3v) is 6.17. The van der Waals surface area contributed by atoms with Gasteiger partial charge < -0.3 is 10.1 Å². The monoisotopic (exact) mass is 380 g/mol. The highest BCUT2D eigenvalue weighted by atomic mass is 35.5. The van der Waals surface area contributed by atoms with E-state index < -0.39 is 0 Å². The van der Waals surface area contributed by atoms with Crippen LogP contribution in [-0.4, -0.2) is 50.2 Å². The van der Waals surface area contributed by atoms with Crippen molar-refractivity contribution in [1.29, 1.82) is 0 Å². The molecule has 1 aromatic heterocycles. The van der Waals surface area contributed by atoms with Crippen LogP contribution >= 0.6 is 22.9 Å². The zero-order chi connectivity index (χ0) is 18.0. The minimum atomic E-state index is -0.0863. The predicted octanol–water partition coefficient (Wildman–Crippen LogP) is 3.91. The average Bonchev–Trinajstić information content (AvgIpc) is 2.91. The van der Waals surface area contributed by atoms with Crippen LogP contribution in [-0.2, 0) is 10.2 Å². The maximum Gasteiger partial charge on any atom is 0.262 e. The third-order valence-electron chi connectivity index (χ3n) is 4.52. The molecule has 0 spiro atoms. The Morgan fingerprint density at radius 2 is 2.04 bits per heavy atom. The fourth-order valence-corrected chi connectivity index (χ4v) is 4.38. The van der Waals surface area contributed by atoms with Crippen molar-refractivity contribution in [2.45, 2.75) is 26.2 Å². The summed E-state index contributed by atoms with van der Waals surface area (Å²) in [5.74, 6) is -0.0863. The Morgan fingerprint density at radius 3 is 2.72 bits per heavy atom. The molecule has 0 aliphatic carbocycles. The van der Waals surface area contributed by atoms with E-state index in [0.29, 0.717) is 16.4 Å². The van der Waals surface area contributed by atoms with Gasteiger partial charge in [-0.15, -0.1) is 11.3 Å². The third kappa shape index (κ3) is 4.34. The van der Waals surface area contributed by atoms with Gasteiger partial charge in [0.15, 0.2) is 0 Å². The number of carbonyl (C=O) groups excluding carboxylic acids is 1. The van der Waals surface area contributed by atoms with E-state index in [-0.39, 0.29) is 11.3 Å². The highest BCUT2D eigenvalue weighted by molar-refractivity contribution is 7.21. The van der Waals surface area contributed by atoms with Gasteiger partial charge in [-0.2, -0.15) is 0 Å². The number of hydrogen-bond acceptors (Lipinski definition) is 4. The molecule has 1 fully saturated rings. The van der Waals surface area contributed by atoms with Crippen LogP contribution in [0.2, 0.25) is 5.02 Å². The quantitative estimate of drug-likeness (QED) is 0.874. The molecule has 1 aliphatic heterocycles. The predicted molar refractivity (Wildman–Crippen MR) is 105 cm³/mol. The number of hydrogen-bond donors (Lipinski definition) is 1. The maximum atomic E-state index is 12.5. The lowest BCUT2D eigenvalue weighted by Crippen LogP contribution is -2.41. The second kappa shape index (κ2) is 7.62. The summed E-state index contributed by atoms with van der Waals surface area (Å²) in [5, 5.41) is 4.51. The molecule has 0 radical (unpaired) electrons. The van der Waals surface area contributed by atoms with Gasteiger partial charge in [-0.1, -0.05) is 44.5 Å². The summed E-state index contributed by atoms with van der Waals surface area (Å²) in [6.07, 6.45) is 0. The summed E-state index contributed by atoms with van der Waals surface area (Å²) in [4.78, 5) is 15.4. The number of amides is 1. The number of fused-ring (bicyclic) bond motifs is 1. The molecular weight excluding hydrogens is 356 g/mol. The first-order chi connectivity index (χ1) is 11.9. The fraction of sp³-hybridized carbons (Fsp3) is 0.526. The van der Waals surface area contributed by atoms with E-state index in [2.05, 4.69) is 43.1 Å². The van der Waals surface area contributed by atoms with Gasteiger partial charge in [-0.25, -0.2) is 0 Å². The zero-order valence-corrected chi connectivity index (χ0v) is 16.6. The van der Waals surface area contributed by atoms with Crippen molar-refractivity contribution in [3.8, 4) is 0 Å². The Labute approximate surface area is 158 Å². The van der Waals surface area contributed by atoms with Gasteiger partial charge in [0.05, 0.1) is 18.2 Å². The molecule has 2 heterocycles. The van der Waals surface area contributed by atoms with E-state index in [1.54, 1.807) is 0 Å². The molecule has 1 aliphatic rings. The van der Waals surface area contributed by atoms with Gasteiger partial charge in [0, 0.05) is 36.3 Å².